The molecule has 28 heavy (non-hydrogen) atoms. The quantitative estimate of drug-likeness (QED) is 0.646. The maximum absolute atomic E-state index is 13.2. The molecule has 0 radical (unpaired) electrons. The van der Waals surface area contributed by atoms with Crippen LogP contribution in [0.15, 0.2) is 40.9 Å². The SMILES string of the molecule is CN(C(=O)OC(C)(C)C)C1CCN(C(=O)c2cccc3cccc(Br)c23)CC1. The Kier molecular flexibility index (Phi) is 5.98. The molecule has 3 rings (SSSR count). The molecule has 1 aliphatic heterocycles. The van der Waals surface area contributed by atoms with Gasteiger partial charge in [-0.25, -0.2) is 4.79 Å². The molecule has 0 bridgehead atoms. The lowest BCUT2D eigenvalue weighted by atomic mass is 10.00. The van der Waals surface area contributed by atoms with Gasteiger partial charge in [0.25, 0.3) is 5.91 Å². The lowest BCUT2D eigenvalue weighted by molar-refractivity contribution is 0.0156. The minimum atomic E-state index is -0.510. The zero-order chi connectivity index (χ0) is 20.5. The number of fused-ring (bicyclic) bond motifs is 1. The number of ether oxygens (including phenoxy) is 1. The molecule has 1 saturated heterocycles. The summed E-state index contributed by atoms with van der Waals surface area (Å²) in [6.45, 7) is 6.84. The first-order chi connectivity index (χ1) is 13.2. The summed E-state index contributed by atoms with van der Waals surface area (Å²) in [6, 6.07) is 11.8. The number of carbonyl (C=O) groups excluding carboxylic acids is 2. The van der Waals surface area contributed by atoms with E-state index in [1.165, 1.54) is 0 Å². The summed E-state index contributed by atoms with van der Waals surface area (Å²) in [5.41, 5.74) is 0.202. The second kappa shape index (κ2) is 8.11. The third-order valence-electron chi connectivity index (χ3n) is 5.07. The number of hydrogen-bond acceptors (Lipinski definition) is 3. The van der Waals surface area contributed by atoms with E-state index in [2.05, 4.69) is 15.9 Å². The Morgan fingerprint density at radius 2 is 1.71 bits per heavy atom. The molecule has 2 amide bonds. The molecule has 1 heterocycles. The molecule has 1 fully saturated rings. The van der Waals surface area contributed by atoms with Crippen LogP contribution in [0.2, 0.25) is 0 Å². The standard InChI is InChI=1S/C22H27BrN2O3/c1-22(2,3)28-21(27)24(4)16-11-13-25(14-12-16)20(26)17-9-5-7-15-8-6-10-18(23)19(15)17/h5-10,16H,11-14H2,1-4H3. The number of likely N-dealkylation sites (tertiary alicyclic amines) is 1. The first-order valence-corrected chi connectivity index (χ1v) is 10.4. The van der Waals surface area contributed by atoms with E-state index in [1.807, 2.05) is 62.1 Å². The lowest BCUT2D eigenvalue weighted by Gasteiger charge is -2.37. The van der Waals surface area contributed by atoms with Crippen LogP contribution in [0.3, 0.4) is 0 Å². The number of nitrogens with zero attached hydrogens (tertiary/aromatic N) is 2. The minimum absolute atomic E-state index is 0.0378. The van der Waals surface area contributed by atoms with E-state index in [1.54, 1.807) is 11.9 Å². The van der Waals surface area contributed by atoms with Gasteiger partial charge in [-0.05, 0) is 51.1 Å². The summed E-state index contributed by atoms with van der Waals surface area (Å²) in [5.74, 6) is 0.0378. The number of rotatable bonds is 2. The molecule has 5 nitrogen and oxygen atoms in total. The normalized spacial score (nSPS) is 15.5. The molecular weight excluding hydrogens is 420 g/mol. The Hall–Kier alpha value is -2.08. The molecule has 1 aliphatic rings. The van der Waals surface area contributed by atoms with Crippen molar-refractivity contribution < 1.29 is 14.3 Å². The summed E-state index contributed by atoms with van der Waals surface area (Å²) >= 11 is 3.58. The van der Waals surface area contributed by atoms with Gasteiger partial charge >= 0.3 is 6.09 Å². The molecule has 6 heteroatoms. The highest BCUT2D eigenvalue weighted by Crippen LogP contribution is 2.29. The van der Waals surface area contributed by atoms with Crippen molar-refractivity contribution in [2.24, 2.45) is 0 Å². The second-order valence-electron chi connectivity index (χ2n) is 8.26. The van der Waals surface area contributed by atoms with E-state index in [-0.39, 0.29) is 18.0 Å². The van der Waals surface area contributed by atoms with Crippen LogP contribution in [0.1, 0.15) is 44.0 Å². The molecule has 2 aromatic rings. The maximum Gasteiger partial charge on any atom is 0.410 e. The molecule has 150 valence electrons. The topological polar surface area (TPSA) is 49.9 Å². The highest BCUT2D eigenvalue weighted by Gasteiger charge is 2.30. The number of piperidine rings is 1. The summed E-state index contributed by atoms with van der Waals surface area (Å²) in [6.07, 6.45) is 1.18. The first-order valence-electron chi connectivity index (χ1n) is 9.60. The average Bonchev–Trinajstić information content (AvgIpc) is 2.65. The van der Waals surface area contributed by atoms with E-state index in [0.717, 1.165) is 28.1 Å². The Morgan fingerprint density at radius 1 is 1.11 bits per heavy atom. The smallest absolute Gasteiger partial charge is 0.410 e. The van der Waals surface area contributed by atoms with Gasteiger partial charge < -0.3 is 14.5 Å². The third-order valence-corrected chi connectivity index (χ3v) is 5.73. The summed E-state index contributed by atoms with van der Waals surface area (Å²) in [4.78, 5) is 29.0. The van der Waals surface area contributed by atoms with Crippen LogP contribution in [-0.2, 0) is 4.74 Å². The van der Waals surface area contributed by atoms with Crippen molar-refractivity contribution in [2.75, 3.05) is 20.1 Å². The van der Waals surface area contributed by atoms with Crippen LogP contribution in [0.4, 0.5) is 4.79 Å². The average molecular weight is 447 g/mol. The fraction of sp³-hybridized carbons (Fsp3) is 0.455. The predicted octanol–water partition coefficient (Wildman–Crippen LogP) is 5.07. The molecule has 0 atom stereocenters. The van der Waals surface area contributed by atoms with Gasteiger partial charge in [0.2, 0.25) is 0 Å². The van der Waals surface area contributed by atoms with E-state index in [9.17, 15) is 9.59 Å². The molecule has 0 aromatic heterocycles. The largest absolute Gasteiger partial charge is 0.444 e. The van der Waals surface area contributed by atoms with Crippen LogP contribution in [0, 0.1) is 0 Å². The van der Waals surface area contributed by atoms with Gasteiger partial charge in [-0.1, -0.05) is 40.2 Å². The Balaban J connectivity index is 1.69. The maximum atomic E-state index is 13.2. The highest BCUT2D eigenvalue weighted by molar-refractivity contribution is 9.10. The van der Waals surface area contributed by atoms with Gasteiger partial charge in [0, 0.05) is 41.6 Å². The van der Waals surface area contributed by atoms with Gasteiger partial charge in [0.1, 0.15) is 5.60 Å². The zero-order valence-corrected chi connectivity index (χ0v) is 18.5. The molecule has 2 aromatic carbocycles. The Bertz CT molecular complexity index is 878. The lowest BCUT2D eigenvalue weighted by Crippen LogP contribution is -2.48. The van der Waals surface area contributed by atoms with Crippen molar-refractivity contribution in [1.29, 1.82) is 0 Å². The fourth-order valence-electron chi connectivity index (χ4n) is 3.58. The van der Waals surface area contributed by atoms with Gasteiger partial charge in [-0.2, -0.15) is 0 Å². The van der Waals surface area contributed by atoms with Gasteiger partial charge in [-0.15, -0.1) is 0 Å². The second-order valence-corrected chi connectivity index (χ2v) is 9.11. The molecule has 0 unspecified atom stereocenters. The van der Waals surface area contributed by atoms with Gasteiger partial charge in [0.15, 0.2) is 0 Å². The van der Waals surface area contributed by atoms with Crippen molar-refractivity contribution >= 4 is 38.7 Å². The van der Waals surface area contributed by atoms with E-state index < -0.39 is 5.60 Å². The molecule has 0 saturated carbocycles. The zero-order valence-electron chi connectivity index (χ0n) is 16.9. The van der Waals surface area contributed by atoms with Gasteiger partial charge in [0.05, 0.1) is 0 Å². The summed E-state index contributed by atoms with van der Waals surface area (Å²) in [5, 5.41) is 1.99. The Morgan fingerprint density at radius 3 is 2.32 bits per heavy atom. The van der Waals surface area contributed by atoms with Crippen LogP contribution in [0.25, 0.3) is 10.8 Å². The van der Waals surface area contributed by atoms with Crippen molar-refractivity contribution in [3.8, 4) is 0 Å². The number of carbonyl (C=O) groups is 2. The number of halogens is 1. The van der Waals surface area contributed by atoms with Crippen LogP contribution < -0.4 is 0 Å². The monoisotopic (exact) mass is 446 g/mol. The van der Waals surface area contributed by atoms with Crippen molar-refractivity contribution in [2.45, 2.75) is 45.3 Å². The molecule has 0 aliphatic carbocycles. The predicted molar refractivity (Wildman–Crippen MR) is 115 cm³/mol. The van der Waals surface area contributed by atoms with Crippen LogP contribution in [0.5, 0.6) is 0 Å². The first kappa shape index (κ1) is 20.6. The van der Waals surface area contributed by atoms with E-state index in [4.69, 9.17) is 4.74 Å². The third kappa shape index (κ3) is 4.49. The van der Waals surface area contributed by atoms with Crippen molar-refractivity contribution in [3.05, 3.63) is 46.4 Å². The van der Waals surface area contributed by atoms with Crippen molar-refractivity contribution in [3.63, 3.8) is 0 Å². The van der Waals surface area contributed by atoms with Crippen molar-refractivity contribution in [1.82, 2.24) is 9.80 Å². The molecular formula is C22H27BrN2O3. The number of amides is 2. The molecule has 0 N–H and O–H groups in total. The fourth-order valence-corrected chi connectivity index (χ4v) is 4.18. The molecule has 0 spiro atoms. The summed E-state index contributed by atoms with van der Waals surface area (Å²) < 4.78 is 6.38. The highest BCUT2D eigenvalue weighted by atomic mass is 79.9. The van der Waals surface area contributed by atoms with Crippen LogP contribution >= 0.6 is 15.9 Å². The van der Waals surface area contributed by atoms with Gasteiger partial charge in [-0.3, -0.25) is 4.79 Å². The van der Waals surface area contributed by atoms with E-state index >= 15 is 0 Å². The number of hydrogen-bond donors (Lipinski definition) is 0. The van der Waals surface area contributed by atoms with E-state index in [0.29, 0.717) is 18.7 Å². The number of benzene rings is 2. The minimum Gasteiger partial charge on any atom is -0.444 e. The Labute approximate surface area is 174 Å². The van der Waals surface area contributed by atoms with Crippen LogP contribution in [-0.4, -0.2) is 53.6 Å². The summed E-state index contributed by atoms with van der Waals surface area (Å²) in [7, 11) is 1.78.